The van der Waals surface area contributed by atoms with Crippen LogP contribution >= 0.6 is 0 Å². The maximum atomic E-state index is 12.5. The van der Waals surface area contributed by atoms with Crippen molar-refractivity contribution < 1.29 is 14.3 Å². The average Bonchev–Trinajstić information content (AvgIpc) is 2.88. The van der Waals surface area contributed by atoms with E-state index in [1.54, 1.807) is 0 Å². The Labute approximate surface area is 211 Å². The average molecular weight is 479 g/mol. The Morgan fingerprint density at radius 2 is 1.89 bits per heavy atom. The Bertz CT molecular complexity index is 944. The van der Waals surface area contributed by atoms with Crippen molar-refractivity contribution in [1.29, 1.82) is 0 Å². The first kappa shape index (κ1) is 26.9. The summed E-state index contributed by atoms with van der Waals surface area (Å²) in [5.74, 6) is 0.498. The number of fused-ring (bicyclic) bond motifs is 1. The highest BCUT2D eigenvalue weighted by Gasteiger charge is 2.28. The summed E-state index contributed by atoms with van der Waals surface area (Å²) in [5.41, 5.74) is 3.65. The zero-order valence-electron chi connectivity index (χ0n) is 21.7. The Morgan fingerprint density at radius 1 is 1.09 bits per heavy atom. The van der Waals surface area contributed by atoms with Crippen LogP contribution in [-0.4, -0.2) is 41.9 Å². The summed E-state index contributed by atoms with van der Waals surface area (Å²) in [6.07, 6.45) is 7.43. The fourth-order valence-electron chi connectivity index (χ4n) is 5.01. The minimum atomic E-state index is -0.230. The van der Waals surface area contributed by atoms with Gasteiger partial charge in [-0.05, 0) is 81.2 Å². The molecule has 1 amide bonds. The van der Waals surface area contributed by atoms with Crippen molar-refractivity contribution in [1.82, 2.24) is 10.2 Å². The number of nitrogens with one attached hydrogen (secondary N) is 1. The molecule has 5 nitrogen and oxygen atoms in total. The van der Waals surface area contributed by atoms with Crippen molar-refractivity contribution >= 4 is 11.9 Å². The number of hydrogen-bond donors (Lipinski definition) is 1. The molecule has 0 saturated carbocycles. The highest BCUT2D eigenvalue weighted by atomic mass is 16.5. The van der Waals surface area contributed by atoms with Crippen molar-refractivity contribution in [3.05, 3.63) is 65.2 Å². The fraction of sp³-hybridized carbons (Fsp3) is 0.533. The molecule has 190 valence electrons. The molecule has 0 aliphatic heterocycles. The third kappa shape index (κ3) is 8.21. The third-order valence-corrected chi connectivity index (χ3v) is 7.11. The van der Waals surface area contributed by atoms with Crippen LogP contribution in [0, 0.1) is 0 Å². The quantitative estimate of drug-likeness (QED) is 0.235. The van der Waals surface area contributed by atoms with Gasteiger partial charge in [-0.2, -0.15) is 0 Å². The molecule has 0 bridgehead atoms. The molecule has 3 rings (SSSR count). The first-order valence-corrected chi connectivity index (χ1v) is 13.4. The van der Waals surface area contributed by atoms with E-state index in [2.05, 4.69) is 37.1 Å². The number of benzene rings is 2. The van der Waals surface area contributed by atoms with E-state index in [1.165, 1.54) is 17.5 Å². The molecule has 2 aromatic carbocycles. The predicted octanol–water partition coefficient (Wildman–Crippen LogP) is 5.49. The van der Waals surface area contributed by atoms with Gasteiger partial charge in [0, 0.05) is 31.5 Å². The zero-order valence-corrected chi connectivity index (χ0v) is 21.7. The number of aryl methyl sites for hydroxylation is 1. The number of carbonyl (C=O) groups excluding carboxylic acids is 2. The monoisotopic (exact) mass is 478 g/mol. The lowest BCUT2D eigenvalue weighted by Gasteiger charge is -2.39. The fourth-order valence-corrected chi connectivity index (χ4v) is 5.01. The molecule has 0 radical (unpaired) electrons. The second kappa shape index (κ2) is 14.0. The maximum Gasteiger partial charge on any atom is 0.311 e. The molecule has 0 saturated heterocycles. The topological polar surface area (TPSA) is 58.6 Å². The molecule has 1 N–H and O–H groups in total. The molecule has 0 spiro atoms. The number of nitrogens with zero attached hydrogens (tertiary/aromatic N) is 1. The highest BCUT2D eigenvalue weighted by molar-refractivity contribution is 5.76. The number of ether oxygens (including phenoxy) is 1. The van der Waals surface area contributed by atoms with Gasteiger partial charge in [-0.25, -0.2) is 0 Å². The predicted molar refractivity (Wildman–Crippen MR) is 142 cm³/mol. The second-order valence-corrected chi connectivity index (χ2v) is 9.70. The molecule has 0 heterocycles. The SMILES string of the molecule is CCCN([C@H]1CCc2c(cccc2OC(=O)CCCNC(=O)CCc2ccccc2)C1)[C@H](C)CC. The number of amides is 1. The lowest BCUT2D eigenvalue weighted by molar-refractivity contribution is -0.134. The van der Waals surface area contributed by atoms with Crippen LogP contribution in [-0.2, 0) is 28.9 Å². The number of carbonyl (C=O) groups is 2. The largest absolute Gasteiger partial charge is 0.426 e. The van der Waals surface area contributed by atoms with E-state index < -0.39 is 0 Å². The highest BCUT2D eigenvalue weighted by Crippen LogP contribution is 2.32. The molecule has 0 aromatic heterocycles. The minimum absolute atomic E-state index is 0.0170. The third-order valence-electron chi connectivity index (χ3n) is 7.11. The molecular formula is C30H42N2O3. The molecule has 35 heavy (non-hydrogen) atoms. The van der Waals surface area contributed by atoms with Crippen LogP contribution in [0.15, 0.2) is 48.5 Å². The van der Waals surface area contributed by atoms with Gasteiger partial charge in [0.05, 0.1) is 0 Å². The van der Waals surface area contributed by atoms with Crippen molar-refractivity contribution in [2.45, 2.75) is 90.6 Å². The summed E-state index contributed by atoms with van der Waals surface area (Å²) in [6.45, 7) is 8.46. The summed E-state index contributed by atoms with van der Waals surface area (Å²) in [5, 5.41) is 2.91. The van der Waals surface area contributed by atoms with E-state index in [1.807, 2.05) is 42.5 Å². The van der Waals surface area contributed by atoms with Gasteiger partial charge in [0.1, 0.15) is 5.75 Å². The summed E-state index contributed by atoms with van der Waals surface area (Å²) < 4.78 is 5.77. The minimum Gasteiger partial charge on any atom is -0.426 e. The van der Waals surface area contributed by atoms with Crippen molar-refractivity contribution in [3.8, 4) is 5.75 Å². The van der Waals surface area contributed by atoms with E-state index in [0.29, 0.717) is 43.6 Å². The van der Waals surface area contributed by atoms with Gasteiger partial charge in [0.2, 0.25) is 5.91 Å². The summed E-state index contributed by atoms with van der Waals surface area (Å²) in [7, 11) is 0. The first-order valence-electron chi connectivity index (χ1n) is 13.4. The van der Waals surface area contributed by atoms with E-state index in [9.17, 15) is 9.59 Å². The molecular weight excluding hydrogens is 436 g/mol. The molecule has 0 fully saturated rings. The van der Waals surface area contributed by atoms with Gasteiger partial charge in [0.15, 0.2) is 0 Å². The van der Waals surface area contributed by atoms with Crippen molar-refractivity contribution in [2.24, 2.45) is 0 Å². The number of rotatable bonds is 13. The summed E-state index contributed by atoms with van der Waals surface area (Å²) in [6, 6.07) is 17.2. The van der Waals surface area contributed by atoms with Gasteiger partial charge in [0.25, 0.3) is 0 Å². The molecule has 2 atom stereocenters. The Kier molecular flexibility index (Phi) is 10.8. The first-order chi connectivity index (χ1) is 17.0. The van der Waals surface area contributed by atoms with Crippen LogP contribution in [0.3, 0.4) is 0 Å². The normalized spacial score (nSPS) is 15.9. The number of esters is 1. The maximum absolute atomic E-state index is 12.5. The molecule has 1 aliphatic rings. The van der Waals surface area contributed by atoms with Crippen molar-refractivity contribution in [2.75, 3.05) is 13.1 Å². The van der Waals surface area contributed by atoms with Gasteiger partial charge in [-0.15, -0.1) is 0 Å². The van der Waals surface area contributed by atoms with Gasteiger partial charge < -0.3 is 10.1 Å². The standard InChI is InChI=1S/C30H42N2O3/c1-4-21-32(23(3)5-2)26-17-18-27-25(22-26)13-9-14-28(27)35-30(34)15-10-20-31-29(33)19-16-24-11-7-6-8-12-24/h6-9,11-14,23,26H,4-5,10,15-22H2,1-3H3,(H,31,33)/t23-,26+/m1/s1. The van der Waals surface area contributed by atoms with Gasteiger partial charge >= 0.3 is 5.97 Å². The van der Waals surface area contributed by atoms with Crippen LogP contribution in [0.4, 0.5) is 0 Å². The second-order valence-electron chi connectivity index (χ2n) is 9.70. The Hall–Kier alpha value is -2.66. The summed E-state index contributed by atoms with van der Waals surface area (Å²) in [4.78, 5) is 27.2. The number of hydrogen-bond acceptors (Lipinski definition) is 4. The molecule has 2 aromatic rings. The Balaban J connectivity index is 1.44. The van der Waals surface area contributed by atoms with Crippen LogP contribution in [0.5, 0.6) is 5.75 Å². The smallest absolute Gasteiger partial charge is 0.311 e. The van der Waals surface area contributed by atoms with E-state index in [0.717, 1.165) is 44.2 Å². The summed E-state index contributed by atoms with van der Waals surface area (Å²) >= 11 is 0. The lowest BCUT2D eigenvalue weighted by atomic mass is 9.86. The van der Waals surface area contributed by atoms with E-state index in [-0.39, 0.29) is 11.9 Å². The van der Waals surface area contributed by atoms with E-state index >= 15 is 0 Å². The van der Waals surface area contributed by atoms with Crippen LogP contribution in [0.25, 0.3) is 0 Å². The molecule has 5 heteroatoms. The Morgan fingerprint density at radius 3 is 2.63 bits per heavy atom. The van der Waals surface area contributed by atoms with Crippen LogP contribution in [0.2, 0.25) is 0 Å². The van der Waals surface area contributed by atoms with Crippen LogP contribution < -0.4 is 10.1 Å². The molecule has 1 aliphatic carbocycles. The van der Waals surface area contributed by atoms with E-state index in [4.69, 9.17) is 4.74 Å². The van der Waals surface area contributed by atoms with Gasteiger partial charge in [-0.1, -0.05) is 56.3 Å². The van der Waals surface area contributed by atoms with Gasteiger partial charge in [-0.3, -0.25) is 14.5 Å². The lowest BCUT2D eigenvalue weighted by Crippen LogP contribution is -2.45. The van der Waals surface area contributed by atoms with Crippen molar-refractivity contribution in [3.63, 3.8) is 0 Å². The zero-order chi connectivity index (χ0) is 25.0. The van der Waals surface area contributed by atoms with Crippen LogP contribution in [0.1, 0.15) is 76.0 Å². The molecule has 0 unspecified atom stereocenters.